The Kier molecular flexibility index (Phi) is 2.28. The Hall–Kier alpha value is -1.34. The summed E-state index contributed by atoms with van der Waals surface area (Å²) in [5.41, 5.74) is 0.899. The van der Waals surface area contributed by atoms with Crippen molar-refractivity contribution in [2.24, 2.45) is 0 Å². The van der Waals surface area contributed by atoms with Gasteiger partial charge in [-0.15, -0.1) is 5.10 Å². The zero-order valence-electron chi connectivity index (χ0n) is 7.58. The lowest BCUT2D eigenvalue weighted by Crippen LogP contribution is -2.19. The van der Waals surface area contributed by atoms with E-state index in [0.29, 0.717) is 16.1 Å². The molecular weight excluding hydrogens is 242 g/mol. The van der Waals surface area contributed by atoms with Crippen LogP contribution in [0.3, 0.4) is 0 Å². The van der Waals surface area contributed by atoms with Gasteiger partial charge in [0.1, 0.15) is 11.0 Å². The van der Waals surface area contributed by atoms with Gasteiger partial charge in [0, 0.05) is 5.02 Å². The van der Waals surface area contributed by atoms with Gasteiger partial charge in [-0.2, -0.15) is 8.42 Å². The number of benzene rings is 1. The van der Waals surface area contributed by atoms with Gasteiger partial charge in [0.2, 0.25) is 0 Å². The quantitative estimate of drug-likeness (QED) is 0.771. The lowest BCUT2D eigenvalue weighted by molar-refractivity contribution is 0.247. The molecule has 0 aliphatic heterocycles. The molecule has 2 aromatic rings. The maximum Gasteiger partial charge on any atom is 0.325 e. The van der Waals surface area contributed by atoms with Crippen molar-refractivity contribution in [3.63, 3.8) is 0 Å². The van der Waals surface area contributed by atoms with Gasteiger partial charge in [0.05, 0.1) is 6.26 Å². The Bertz CT molecular complexity index is 607. The van der Waals surface area contributed by atoms with Crippen molar-refractivity contribution in [2.75, 3.05) is 6.26 Å². The van der Waals surface area contributed by atoms with Crippen LogP contribution in [0.2, 0.25) is 5.02 Å². The molecule has 0 fully saturated rings. The van der Waals surface area contributed by atoms with E-state index in [1.165, 1.54) is 0 Å². The maximum atomic E-state index is 10.9. The third-order valence-electron chi connectivity index (χ3n) is 1.58. The van der Waals surface area contributed by atoms with Crippen LogP contribution < -0.4 is 4.28 Å². The molecule has 80 valence electrons. The van der Waals surface area contributed by atoms with E-state index in [9.17, 15) is 8.42 Å². The van der Waals surface area contributed by atoms with Crippen LogP contribution in [0.1, 0.15) is 0 Å². The molecule has 0 radical (unpaired) electrons. The van der Waals surface area contributed by atoms with Crippen LogP contribution >= 0.6 is 11.6 Å². The number of aromatic nitrogens is 3. The van der Waals surface area contributed by atoms with Crippen LogP contribution in [0.25, 0.3) is 11.0 Å². The minimum absolute atomic E-state index is 0.435. The van der Waals surface area contributed by atoms with Gasteiger partial charge in [-0.1, -0.05) is 16.4 Å². The number of hydrogen-bond donors (Lipinski definition) is 0. The largest absolute Gasteiger partial charge is 0.325 e. The summed E-state index contributed by atoms with van der Waals surface area (Å²) in [6.45, 7) is 0. The van der Waals surface area contributed by atoms with E-state index in [0.717, 1.165) is 11.1 Å². The second-order valence-corrected chi connectivity index (χ2v) is 4.87. The molecule has 0 spiro atoms. The number of halogens is 1. The molecule has 0 N–H and O–H groups in total. The summed E-state index contributed by atoms with van der Waals surface area (Å²) in [5, 5.41) is 7.73. The summed E-state index contributed by atoms with van der Waals surface area (Å²) in [6, 6.07) is 4.73. The average Bonchev–Trinajstić information content (AvgIpc) is 2.45. The molecule has 0 bridgehead atoms. The van der Waals surface area contributed by atoms with Crippen LogP contribution in [0.5, 0.6) is 0 Å². The second kappa shape index (κ2) is 3.35. The molecule has 0 unspecified atom stereocenters. The van der Waals surface area contributed by atoms with E-state index in [4.69, 9.17) is 11.6 Å². The highest BCUT2D eigenvalue weighted by Crippen LogP contribution is 2.16. The van der Waals surface area contributed by atoms with E-state index in [-0.39, 0.29) is 0 Å². The summed E-state index contributed by atoms with van der Waals surface area (Å²) >= 11 is 5.72. The van der Waals surface area contributed by atoms with Crippen molar-refractivity contribution in [2.45, 2.75) is 0 Å². The van der Waals surface area contributed by atoms with Crippen LogP contribution in [0.15, 0.2) is 18.2 Å². The molecule has 0 saturated heterocycles. The van der Waals surface area contributed by atoms with E-state index >= 15 is 0 Å². The highest BCUT2D eigenvalue weighted by Gasteiger charge is 2.10. The van der Waals surface area contributed by atoms with Crippen LogP contribution in [0.4, 0.5) is 0 Å². The monoisotopic (exact) mass is 247 g/mol. The molecule has 0 amide bonds. The Morgan fingerprint density at radius 3 is 2.87 bits per heavy atom. The zero-order valence-corrected chi connectivity index (χ0v) is 9.16. The van der Waals surface area contributed by atoms with Crippen LogP contribution in [-0.4, -0.2) is 29.8 Å². The van der Waals surface area contributed by atoms with Gasteiger partial charge in [0.15, 0.2) is 0 Å². The SMILES string of the molecule is CS(=O)(=O)On1nnc2cc(Cl)ccc21. The van der Waals surface area contributed by atoms with Gasteiger partial charge < -0.3 is 0 Å². The number of hydrogen-bond acceptors (Lipinski definition) is 5. The van der Waals surface area contributed by atoms with Crippen LogP contribution in [-0.2, 0) is 10.1 Å². The minimum Gasteiger partial charge on any atom is -0.268 e. The highest BCUT2D eigenvalue weighted by atomic mass is 35.5. The lowest BCUT2D eigenvalue weighted by atomic mass is 10.3. The summed E-state index contributed by atoms with van der Waals surface area (Å²) in [6.07, 6.45) is 0.927. The number of nitrogens with zero attached hydrogens (tertiary/aromatic N) is 3. The molecule has 15 heavy (non-hydrogen) atoms. The summed E-state index contributed by atoms with van der Waals surface area (Å²) in [4.78, 5) is 0.834. The molecular formula is C7H6ClN3O3S. The average molecular weight is 248 g/mol. The van der Waals surface area contributed by atoms with Crippen molar-refractivity contribution in [1.82, 2.24) is 15.2 Å². The summed E-state index contributed by atoms with van der Waals surface area (Å²) in [5.74, 6) is 0. The highest BCUT2D eigenvalue weighted by molar-refractivity contribution is 7.86. The van der Waals surface area contributed by atoms with E-state index in [2.05, 4.69) is 14.6 Å². The molecule has 0 atom stereocenters. The topological polar surface area (TPSA) is 74.1 Å². The molecule has 0 aliphatic carbocycles. The normalized spacial score (nSPS) is 11.9. The van der Waals surface area contributed by atoms with Crippen molar-refractivity contribution in [1.29, 1.82) is 0 Å². The Morgan fingerprint density at radius 2 is 2.20 bits per heavy atom. The molecule has 6 nitrogen and oxygen atoms in total. The molecule has 8 heteroatoms. The van der Waals surface area contributed by atoms with Gasteiger partial charge in [-0.05, 0) is 23.4 Å². The fourth-order valence-corrected chi connectivity index (χ4v) is 1.59. The molecule has 0 saturated carbocycles. The molecule has 1 heterocycles. The lowest BCUT2D eigenvalue weighted by Gasteiger charge is -2.00. The van der Waals surface area contributed by atoms with Crippen molar-refractivity contribution in [3.05, 3.63) is 23.2 Å². The molecule has 0 aliphatic rings. The van der Waals surface area contributed by atoms with E-state index in [1.54, 1.807) is 18.2 Å². The first-order valence-electron chi connectivity index (χ1n) is 3.87. The van der Waals surface area contributed by atoms with E-state index < -0.39 is 10.1 Å². The third kappa shape index (κ3) is 2.18. The standard InChI is InChI=1S/C7H6ClN3O3S/c1-15(12,13)14-11-7-3-2-5(8)4-6(7)9-10-11/h2-4H,1H3. The Labute approximate surface area is 90.5 Å². The van der Waals surface area contributed by atoms with Crippen LogP contribution in [0, 0.1) is 0 Å². The Morgan fingerprint density at radius 1 is 1.47 bits per heavy atom. The van der Waals surface area contributed by atoms with Gasteiger partial charge in [-0.25, -0.2) is 0 Å². The second-order valence-electron chi connectivity index (χ2n) is 2.87. The van der Waals surface area contributed by atoms with Gasteiger partial charge in [-0.3, -0.25) is 4.28 Å². The summed E-state index contributed by atoms with van der Waals surface area (Å²) < 4.78 is 26.3. The van der Waals surface area contributed by atoms with E-state index in [1.807, 2.05) is 0 Å². The number of rotatable bonds is 2. The van der Waals surface area contributed by atoms with Gasteiger partial charge >= 0.3 is 10.1 Å². The van der Waals surface area contributed by atoms with Crippen molar-refractivity contribution < 1.29 is 12.7 Å². The first-order chi connectivity index (χ1) is 6.96. The third-order valence-corrected chi connectivity index (χ3v) is 2.23. The first kappa shape index (κ1) is 10.2. The molecule has 1 aromatic carbocycles. The molecule has 2 rings (SSSR count). The summed E-state index contributed by atoms with van der Waals surface area (Å²) in [7, 11) is -3.62. The smallest absolute Gasteiger partial charge is 0.268 e. The fraction of sp³-hybridized carbons (Fsp3) is 0.143. The molecule has 1 aromatic heterocycles. The van der Waals surface area contributed by atoms with Crippen molar-refractivity contribution >= 4 is 32.8 Å². The van der Waals surface area contributed by atoms with Gasteiger partial charge in [0.25, 0.3) is 0 Å². The minimum atomic E-state index is -3.62. The fourth-order valence-electron chi connectivity index (χ4n) is 1.06. The predicted octanol–water partition coefficient (Wildman–Crippen LogP) is 0.473. The first-order valence-corrected chi connectivity index (χ1v) is 6.06. The van der Waals surface area contributed by atoms with Crippen molar-refractivity contribution in [3.8, 4) is 0 Å². The number of fused-ring (bicyclic) bond motifs is 1. The Balaban J connectivity index is 2.55. The maximum absolute atomic E-state index is 10.9. The zero-order chi connectivity index (χ0) is 11.1. The predicted molar refractivity (Wildman–Crippen MR) is 54.0 cm³/mol.